The lowest BCUT2D eigenvalue weighted by Crippen LogP contribution is -2.45. The molecule has 0 unspecified atom stereocenters. The van der Waals surface area contributed by atoms with Gasteiger partial charge in [-0.25, -0.2) is 0 Å². The normalized spacial score (nSPS) is 18.4. The zero-order valence-corrected chi connectivity index (χ0v) is 16.5. The Morgan fingerprint density at radius 2 is 1.90 bits per heavy atom. The van der Waals surface area contributed by atoms with Gasteiger partial charge in [-0.2, -0.15) is 5.10 Å². The van der Waals surface area contributed by atoms with Crippen LogP contribution in [0, 0.1) is 0 Å². The number of ether oxygens (including phenoxy) is 2. The lowest BCUT2D eigenvalue weighted by Gasteiger charge is -2.33. The van der Waals surface area contributed by atoms with Gasteiger partial charge in [0.1, 0.15) is 0 Å². The maximum Gasteiger partial charge on any atom is 0.231 e. The van der Waals surface area contributed by atoms with Crippen molar-refractivity contribution in [1.29, 1.82) is 0 Å². The first kappa shape index (κ1) is 18.2. The number of carbonyl (C=O) groups excluding carboxylic acids is 1. The molecule has 1 aliphatic carbocycles. The Hall–Kier alpha value is -2.83. The number of carbonyl (C=O) groups is 1. The highest BCUT2D eigenvalue weighted by Crippen LogP contribution is 2.32. The van der Waals surface area contributed by atoms with E-state index >= 15 is 0 Å². The molecule has 1 fully saturated rings. The largest absolute Gasteiger partial charge is 0.454 e. The first-order valence-electron chi connectivity index (χ1n) is 10.5. The number of rotatable bonds is 4. The van der Waals surface area contributed by atoms with Gasteiger partial charge >= 0.3 is 0 Å². The fraction of sp³-hybridized carbons (Fsp3) is 0.500. The third-order valence-corrected chi connectivity index (χ3v) is 6.04. The second-order valence-corrected chi connectivity index (χ2v) is 8.07. The molecule has 29 heavy (non-hydrogen) atoms. The molecule has 3 aliphatic rings. The molecule has 0 bridgehead atoms. The summed E-state index contributed by atoms with van der Waals surface area (Å²) in [6.45, 7) is 2.03. The van der Waals surface area contributed by atoms with E-state index in [0.29, 0.717) is 6.42 Å². The molecule has 1 aromatic heterocycles. The molecule has 3 heterocycles. The molecule has 7 heteroatoms. The van der Waals surface area contributed by atoms with Gasteiger partial charge in [0, 0.05) is 19.1 Å². The van der Waals surface area contributed by atoms with E-state index in [0.717, 1.165) is 61.7 Å². The van der Waals surface area contributed by atoms with Crippen LogP contribution in [0.1, 0.15) is 42.5 Å². The molecule has 0 radical (unpaired) electrons. The summed E-state index contributed by atoms with van der Waals surface area (Å²) in [5.74, 6) is 2.49. The van der Waals surface area contributed by atoms with Crippen molar-refractivity contribution < 1.29 is 14.3 Å². The van der Waals surface area contributed by atoms with E-state index < -0.39 is 0 Å². The molecule has 1 saturated heterocycles. The summed E-state index contributed by atoms with van der Waals surface area (Å²) in [6.07, 6.45) is 6.84. The molecule has 2 aromatic rings. The lowest BCUT2D eigenvalue weighted by atomic mass is 9.96. The topological polar surface area (TPSA) is 76.6 Å². The standard InChI is InChI=1S/C22H26N4O3/c27-22(12-15-5-6-19-20(11-15)29-14-28-19)23-17-7-9-26(10-8-17)21-13-16-3-1-2-4-18(16)24-25-21/h5-6,11,13,17H,1-4,7-10,12,14H2,(H,23,27). The summed E-state index contributed by atoms with van der Waals surface area (Å²) in [5, 5.41) is 12.1. The third kappa shape index (κ3) is 3.99. The molecular formula is C22H26N4O3. The number of hydrogen-bond donors (Lipinski definition) is 1. The first-order chi connectivity index (χ1) is 14.2. The molecule has 0 atom stereocenters. The first-order valence-corrected chi connectivity index (χ1v) is 10.5. The fourth-order valence-corrected chi connectivity index (χ4v) is 4.40. The van der Waals surface area contributed by atoms with Gasteiger partial charge in [-0.15, -0.1) is 5.10 Å². The van der Waals surface area contributed by atoms with Crippen LogP contribution >= 0.6 is 0 Å². The molecule has 1 N–H and O–H groups in total. The summed E-state index contributed by atoms with van der Waals surface area (Å²) in [7, 11) is 0. The Bertz CT molecular complexity index is 909. The van der Waals surface area contributed by atoms with Crippen LogP contribution in [0.4, 0.5) is 5.82 Å². The van der Waals surface area contributed by atoms with Gasteiger partial charge in [0.05, 0.1) is 12.1 Å². The number of aromatic nitrogens is 2. The van der Waals surface area contributed by atoms with Crippen LogP contribution in [-0.4, -0.2) is 42.0 Å². The summed E-state index contributed by atoms with van der Waals surface area (Å²) in [6, 6.07) is 8.10. The summed E-state index contributed by atoms with van der Waals surface area (Å²) >= 11 is 0. The molecule has 0 spiro atoms. The molecule has 152 valence electrons. The number of nitrogens with one attached hydrogen (secondary N) is 1. The number of anilines is 1. The van der Waals surface area contributed by atoms with Crippen molar-refractivity contribution in [3.8, 4) is 11.5 Å². The maximum absolute atomic E-state index is 12.5. The average molecular weight is 394 g/mol. The van der Waals surface area contributed by atoms with Crippen molar-refractivity contribution in [1.82, 2.24) is 15.5 Å². The summed E-state index contributed by atoms with van der Waals surface area (Å²) in [4.78, 5) is 14.8. The van der Waals surface area contributed by atoms with Crippen LogP contribution < -0.4 is 19.7 Å². The Balaban J connectivity index is 1.13. The van der Waals surface area contributed by atoms with Gasteiger partial charge in [-0.1, -0.05) is 6.07 Å². The van der Waals surface area contributed by atoms with Crippen LogP contribution in [0.25, 0.3) is 0 Å². The van der Waals surface area contributed by atoms with Gasteiger partial charge in [-0.3, -0.25) is 4.79 Å². The van der Waals surface area contributed by atoms with E-state index in [1.807, 2.05) is 18.2 Å². The lowest BCUT2D eigenvalue weighted by molar-refractivity contribution is -0.121. The van der Waals surface area contributed by atoms with E-state index in [4.69, 9.17) is 9.47 Å². The second kappa shape index (κ2) is 7.89. The van der Waals surface area contributed by atoms with Gasteiger partial charge in [0.2, 0.25) is 12.7 Å². The Labute approximate surface area is 170 Å². The predicted molar refractivity (Wildman–Crippen MR) is 108 cm³/mol. The zero-order chi connectivity index (χ0) is 19.6. The van der Waals surface area contributed by atoms with Crippen molar-refractivity contribution in [3.05, 3.63) is 41.1 Å². The van der Waals surface area contributed by atoms with Crippen LogP contribution in [0.15, 0.2) is 24.3 Å². The number of nitrogens with zero attached hydrogens (tertiary/aromatic N) is 3. The van der Waals surface area contributed by atoms with Gasteiger partial charge < -0.3 is 19.7 Å². The highest BCUT2D eigenvalue weighted by atomic mass is 16.7. The summed E-state index contributed by atoms with van der Waals surface area (Å²) in [5.41, 5.74) is 3.47. The van der Waals surface area contributed by atoms with Gasteiger partial charge in [-0.05, 0) is 67.9 Å². The minimum absolute atomic E-state index is 0.0517. The van der Waals surface area contributed by atoms with Crippen molar-refractivity contribution >= 4 is 11.7 Å². The van der Waals surface area contributed by atoms with Gasteiger partial charge in [0.15, 0.2) is 17.3 Å². The van der Waals surface area contributed by atoms with Crippen molar-refractivity contribution in [2.75, 3.05) is 24.8 Å². The molecule has 1 aromatic carbocycles. The van der Waals surface area contributed by atoms with Gasteiger partial charge in [0.25, 0.3) is 0 Å². The monoisotopic (exact) mass is 394 g/mol. The number of hydrogen-bond acceptors (Lipinski definition) is 6. The maximum atomic E-state index is 12.5. The van der Waals surface area contributed by atoms with Crippen LogP contribution in [0.2, 0.25) is 0 Å². The third-order valence-electron chi connectivity index (χ3n) is 6.04. The van der Waals surface area contributed by atoms with Crippen LogP contribution in [0.5, 0.6) is 11.5 Å². The predicted octanol–water partition coefficient (Wildman–Crippen LogP) is 2.41. The molecule has 2 aliphatic heterocycles. The smallest absolute Gasteiger partial charge is 0.231 e. The van der Waals surface area contributed by atoms with Crippen molar-refractivity contribution in [3.63, 3.8) is 0 Å². The minimum atomic E-state index is 0.0517. The molecule has 5 rings (SSSR count). The SMILES string of the molecule is O=C(Cc1ccc2c(c1)OCO2)NC1CCN(c2cc3c(nn2)CCCC3)CC1. The summed E-state index contributed by atoms with van der Waals surface area (Å²) < 4.78 is 10.7. The van der Waals surface area contributed by atoms with Crippen LogP contribution in [-0.2, 0) is 24.1 Å². The van der Waals surface area contributed by atoms with E-state index in [1.54, 1.807) is 0 Å². The fourth-order valence-electron chi connectivity index (χ4n) is 4.40. The molecule has 0 saturated carbocycles. The number of amides is 1. The van der Waals surface area contributed by atoms with E-state index in [9.17, 15) is 4.79 Å². The number of piperidine rings is 1. The minimum Gasteiger partial charge on any atom is -0.454 e. The highest BCUT2D eigenvalue weighted by Gasteiger charge is 2.23. The zero-order valence-electron chi connectivity index (χ0n) is 16.5. The number of aryl methyl sites for hydroxylation is 2. The van der Waals surface area contributed by atoms with Crippen molar-refractivity contribution in [2.45, 2.75) is 51.0 Å². The molecule has 7 nitrogen and oxygen atoms in total. The number of benzene rings is 1. The molecule has 1 amide bonds. The van der Waals surface area contributed by atoms with E-state index in [2.05, 4.69) is 26.5 Å². The Morgan fingerprint density at radius 1 is 1.07 bits per heavy atom. The highest BCUT2D eigenvalue weighted by molar-refractivity contribution is 5.79. The van der Waals surface area contributed by atoms with Crippen molar-refractivity contribution in [2.24, 2.45) is 0 Å². The van der Waals surface area contributed by atoms with E-state index in [-0.39, 0.29) is 18.7 Å². The van der Waals surface area contributed by atoms with Crippen LogP contribution in [0.3, 0.4) is 0 Å². The second-order valence-electron chi connectivity index (χ2n) is 8.07. The average Bonchev–Trinajstić information content (AvgIpc) is 3.22. The Morgan fingerprint density at radius 3 is 2.79 bits per heavy atom. The Kier molecular flexibility index (Phi) is 4.96. The number of fused-ring (bicyclic) bond motifs is 2. The van der Waals surface area contributed by atoms with E-state index in [1.165, 1.54) is 24.1 Å². The quantitative estimate of drug-likeness (QED) is 0.858. The molecular weight excluding hydrogens is 368 g/mol.